The maximum absolute atomic E-state index is 12.4. The van der Waals surface area contributed by atoms with Crippen molar-refractivity contribution in [2.24, 2.45) is 0 Å². The van der Waals surface area contributed by atoms with Crippen LogP contribution in [-0.2, 0) is 14.8 Å². The maximum atomic E-state index is 12.4. The van der Waals surface area contributed by atoms with Crippen LogP contribution in [0, 0.1) is 0 Å². The van der Waals surface area contributed by atoms with Gasteiger partial charge in [0.25, 0.3) is 0 Å². The number of benzene rings is 2. The molecule has 0 spiro atoms. The van der Waals surface area contributed by atoms with Crippen LogP contribution in [0.1, 0.15) is 0 Å². The zero-order valence-electron chi connectivity index (χ0n) is 15.0. The number of sulfonamides is 1. The summed E-state index contributed by atoms with van der Waals surface area (Å²) in [5, 5.41) is 2.68. The van der Waals surface area contributed by atoms with Gasteiger partial charge in [0.1, 0.15) is 25.5 Å². The van der Waals surface area contributed by atoms with E-state index in [0.29, 0.717) is 41.8 Å². The Hall–Kier alpha value is -2.94. The minimum Gasteiger partial charge on any atom is -0.497 e. The van der Waals surface area contributed by atoms with Crippen molar-refractivity contribution in [1.82, 2.24) is 0 Å². The summed E-state index contributed by atoms with van der Waals surface area (Å²) in [5.41, 5.74) is 0.864. The van der Waals surface area contributed by atoms with Crippen molar-refractivity contribution in [3.05, 3.63) is 42.5 Å². The van der Waals surface area contributed by atoms with Crippen LogP contribution in [0.25, 0.3) is 0 Å². The van der Waals surface area contributed by atoms with Crippen LogP contribution in [-0.4, -0.2) is 47.4 Å². The van der Waals surface area contributed by atoms with E-state index >= 15 is 0 Å². The van der Waals surface area contributed by atoms with Gasteiger partial charge >= 0.3 is 0 Å². The van der Waals surface area contributed by atoms with E-state index in [4.69, 9.17) is 14.2 Å². The first-order chi connectivity index (χ1) is 12.9. The number of amides is 1. The maximum Gasteiger partial charge on any atom is 0.245 e. The molecule has 9 heteroatoms. The molecule has 0 radical (unpaired) electrons. The van der Waals surface area contributed by atoms with Gasteiger partial charge in [-0.15, -0.1) is 0 Å². The first-order valence-electron chi connectivity index (χ1n) is 8.18. The van der Waals surface area contributed by atoms with Crippen molar-refractivity contribution >= 4 is 27.3 Å². The summed E-state index contributed by atoms with van der Waals surface area (Å²) in [5.74, 6) is 1.25. The SMILES string of the molecule is COc1ccc(N(CC(=O)Nc2ccc3c(c2)OCCO3)S(C)(=O)=O)cc1. The molecule has 1 N–H and O–H groups in total. The zero-order chi connectivity index (χ0) is 19.4. The third kappa shape index (κ3) is 4.62. The van der Waals surface area contributed by atoms with Gasteiger partial charge in [0.05, 0.1) is 19.1 Å². The fraction of sp³-hybridized carbons (Fsp3) is 0.278. The van der Waals surface area contributed by atoms with Crippen molar-refractivity contribution in [1.29, 1.82) is 0 Å². The first kappa shape index (κ1) is 18.8. The highest BCUT2D eigenvalue weighted by Crippen LogP contribution is 2.32. The predicted molar refractivity (Wildman–Crippen MR) is 101 cm³/mol. The van der Waals surface area contributed by atoms with E-state index in [2.05, 4.69) is 5.32 Å². The van der Waals surface area contributed by atoms with Gasteiger partial charge in [-0.2, -0.15) is 0 Å². The number of hydrogen-bond donors (Lipinski definition) is 1. The molecule has 0 saturated carbocycles. The second-order valence-corrected chi connectivity index (χ2v) is 7.78. The van der Waals surface area contributed by atoms with E-state index in [1.165, 1.54) is 7.11 Å². The molecule has 1 aliphatic heterocycles. The van der Waals surface area contributed by atoms with Gasteiger partial charge in [-0.25, -0.2) is 8.42 Å². The Kier molecular flexibility index (Phi) is 5.41. The second-order valence-electron chi connectivity index (χ2n) is 5.87. The minimum atomic E-state index is -3.65. The summed E-state index contributed by atoms with van der Waals surface area (Å²) in [6, 6.07) is 11.4. The number of hydrogen-bond acceptors (Lipinski definition) is 6. The third-order valence-corrected chi connectivity index (χ3v) is 5.01. The van der Waals surface area contributed by atoms with Crippen LogP contribution >= 0.6 is 0 Å². The number of anilines is 2. The monoisotopic (exact) mass is 392 g/mol. The van der Waals surface area contributed by atoms with Gasteiger partial charge in [-0.3, -0.25) is 9.10 Å². The average molecular weight is 392 g/mol. The number of carbonyl (C=O) groups is 1. The molecule has 144 valence electrons. The highest BCUT2D eigenvalue weighted by molar-refractivity contribution is 7.92. The normalized spacial score (nSPS) is 13.0. The Balaban J connectivity index is 1.74. The van der Waals surface area contributed by atoms with Crippen molar-refractivity contribution in [2.75, 3.05) is 42.7 Å². The summed E-state index contributed by atoms with van der Waals surface area (Å²) in [6.45, 7) is 0.549. The largest absolute Gasteiger partial charge is 0.497 e. The molecule has 1 heterocycles. The number of fused-ring (bicyclic) bond motifs is 1. The van der Waals surface area contributed by atoms with Crippen LogP contribution in [0.15, 0.2) is 42.5 Å². The van der Waals surface area contributed by atoms with Gasteiger partial charge in [0, 0.05) is 11.8 Å². The van der Waals surface area contributed by atoms with Crippen LogP contribution in [0.2, 0.25) is 0 Å². The van der Waals surface area contributed by atoms with Gasteiger partial charge in [0.15, 0.2) is 11.5 Å². The van der Waals surface area contributed by atoms with Crippen LogP contribution in [0.4, 0.5) is 11.4 Å². The minimum absolute atomic E-state index is 0.362. The van der Waals surface area contributed by atoms with Crippen LogP contribution in [0.5, 0.6) is 17.2 Å². The van der Waals surface area contributed by atoms with E-state index in [1.54, 1.807) is 42.5 Å². The molecule has 8 nitrogen and oxygen atoms in total. The molecule has 0 bridgehead atoms. The Morgan fingerprint density at radius 3 is 2.41 bits per heavy atom. The van der Waals surface area contributed by atoms with Crippen LogP contribution < -0.4 is 23.8 Å². The van der Waals surface area contributed by atoms with E-state index in [0.717, 1.165) is 10.6 Å². The lowest BCUT2D eigenvalue weighted by atomic mass is 10.2. The van der Waals surface area contributed by atoms with E-state index in [-0.39, 0.29) is 6.54 Å². The standard InChI is InChI=1S/C18H20N2O6S/c1-24-15-6-4-14(5-7-15)20(27(2,22)23)12-18(21)19-13-3-8-16-17(11-13)26-10-9-25-16/h3-8,11H,9-10,12H2,1-2H3,(H,19,21). The van der Waals surface area contributed by atoms with Gasteiger partial charge in [0.2, 0.25) is 15.9 Å². The Morgan fingerprint density at radius 2 is 1.78 bits per heavy atom. The molecule has 2 aromatic rings. The van der Waals surface area contributed by atoms with E-state index in [1.807, 2.05) is 0 Å². The Labute approximate surface area is 157 Å². The van der Waals surface area contributed by atoms with E-state index < -0.39 is 15.9 Å². The summed E-state index contributed by atoms with van der Waals surface area (Å²) in [7, 11) is -2.13. The number of nitrogens with one attached hydrogen (secondary N) is 1. The van der Waals surface area contributed by atoms with Crippen molar-refractivity contribution < 1.29 is 27.4 Å². The first-order valence-corrected chi connectivity index (χ1v) is 10.0. The third-order valence-electron chi connectivity index (χ3n) is 3.87. The fourth-order valence-corrected chi connectivity index (χ4v) is 3.46. The fourth-order valence-electron chi connectivity index (χ4n) is 2.60. The quantitative estimate of drug-likeness (QED) is 0.807. The van der Waals surface area contributed by atoms with Gasteiger partial charge in [-0.1, -0.05) is 0 Å². The molecule has 1 amide bonds. The molecule has 0 fully saturated rings. The molecule has 0 saturated heterocycles. The molecule has 0 unspecified atom stereocenters. The topological polar surface area (TPSA) is 94.2 Å². The number of methoxy groups -OCH3 is 1. The molecule has 27 heavy (non-hydrogen) atoms. The average Bonchev–Trinajstić information content (AvgIpc) is 2.65. The number of ether oxygens (including phenoxy) is 3. The van der Waals surface area contributed by atoms with Crippen molar-refractivity contribution in [3.63, 3.8) is 0 Å². The zero-order valence-corrected chi connectivity index (χ0v) is 15.8. The summed E-state index contributed by atoms with van der Waals surface area (Å²) >= 11 is 0. The van der Waals surface area contributed by atoms with E-state index in [9.17, 15) is 13.2 Å². The molecule has 0 atom stereocenters. The number of rotatable bonds is 6. The smallest absolute Gasteiger partial charge is 0.245 e. The second kappa shape index (κ2) is 7.75. The molecule has 3 rings (SSSR count). The molecule has 2 aromatic carbocycles. The van der Waals surface area contributed by atoms with Crippen molar-refractivity contribution in [2.45, 2.75) is 0 Å². The van der Waals surface area contributed by atoms with Gasteiger partial charge < -0.3 is 19.5 Å². The highest BCUT2D eigenvalue weighted by atomic mass is 32.2. The summed E-state index contributed by atoms with van der Waals surface area (Å²) in [4.78, 5) is 12.4. The molecule has 0 aromatic heterocycles. The lowest BCUT2D eigenvalue weighted by molar-refractivity contribution is -0.114. The highest BCUT2D eigenvalue weighted by Gasteiger charge is 2.21. The molecule has 0 aliphatic carbocycles. The lowest BCUT2D eigenvalue weighted by Crippen LogP contribution is -2.37. The number of nitrogens with zero attached hydrogens (tertiary/aromatic N) is 1. The Bertz CT molecular complexity index is 927. The molecular weight excluding hydrogens is 372 g/mol. The molecular formula is C18H20N2O6S. The van der Waals surface area contributed by atoms with Crippen molar-refractivity contribution in [3.8, 4) is 17.2 Å². The van der Waals surface area contributed by atoms with Gasteiger partial charge in [-0.05, 0) is 36.4 Å². The molecule has 1 aliphatic rings. The van der Waals surface area contributed by atoms with Crippen LogP contribution in [0.3, 0.4) is 0 Å². The Morgan fingerprint density at radius 1 is 1.11 bits per heavy atom. The number of carbonyl (C=O) groups excluding carboxylic acids is 1. The predicted octanol–water partition coefficient (Wildman–Crippen LogP) is 1.87. The summed E-state index contributed by atoms with van der Waals surface area (Å²) in [6.07, 6.45) is 1.05. The summed E-state index contributed by atoms with van der Waals surface area (Å²) < 4.78 is 41.3. The lowest BCUT2D eigenvalue weighted by Gasteiger charge is -2.22.